The zero-order chi connectivity index (χ0) is 21.3. The van der Waals surface area contributed by atoms with Crippen molar-refractivity contribution < 1.29 is 13.2 Å². The van der Waals surface area contributed by atoms with Gasteiger partial charge in [-0.3, -0.25) is 14.2 Å². The summed E-state index contributed by atoms with van der Waals surface area (Å²) in [7, 11) is -3.35. The molecule has 0 N–H and O–H groups in total. The monoisotopic (exact) mass is 447 g/mol. The molecule has 9 nitrogen and oxygen atoms in total. The summed E-state index contributed by atoms with van der Waals surface area (Å²) < 4.78 is 29.3. The molecule has 0 bridgehead atoms. The second-order valence-corrected chi connectivity index (χ2v) is 10.3. The fourth-order valence-corrected chi connectivity index (χ4v) is 5.47. The highest BCUT2D eigenvalue weighted by Crippen LogP contribution is 2.32. The van der Waals surface area contributed by atoms with E-state index >= 15 is 0 Å². The van der Waals surface area contributed by atoms with Gasteiger partial charge in [0.25, 0.3) is 5.56 Å². The molecule has 158 valence electrons. The number of rotatable bonds is 5. The summed E-state index contributed by atoms with van der Waals surface area (Å²) in [6.45, 7) is 1.31. The quantitative estimate of drug-likeness (QED) is 0.581. The van der Waals surface area contributed by atoms with Crippen LogP contribution in [0.4, 0.5) is 0 Å². The largest absolute Gasteiger partial charge is 0.343 e. The predicted molar refractivity (Wildman–Crippen MR) is 112 cm³/mol. The van der Waals surface area contributed by atoms with E-state index in [0.717, 1.165) is 17.8 Å². The number of likely N-dealkylation sites (tertiary alicyclic amines) is 1. The third-order valence-electron chi connectivity index (χ3n) is 5.35. The van der Waals surface area contributed by atoms with Gasteiger partial charge in [-0.15, -0.1) is 5.10 Å². The number of nitrogens with zero attached hydrogens (tertiary/aromatic N) is 5. The van der Waals surface area contributed by atoms with Gasteiger partial charge in [-0.1, -0.05) is 16.6 Å². The SMILES string of the molecule is CS(=O)(=O)c1snnc1C1CCN(C(=O)CCn2cnc3ccccc3c2=O)CC1. The number of para-hydroxylation sites is 1. The second-order valence-electron chi connectivity index (χ2n) is 7.38. The summed E-state index contributed by atoms with van der Waals surface area (Å²) in [5.74, 6) is -0.0573. The minimum absolute atomic E-state index is 0.0233. The van der Waals surface area contributed by atoms with Crippen molar-refractivity contribution in [1.29, 1.82) is 0 Å². The van der Waals surface area contributed by atoms with Crippen LogP contribution in [0.3, 0.4) is 0 Å². The maximum absolute atomic E-state index is 12.6. The molecular weight excluding hydrogens is 426 g/mol. The average Bonchev–Trinajstić information content (AvgIpc) is 3.24. The molecule has 11 heteroatoms. The molecule has 0 aliphatic carbocycles. The number of fused-ring (bicyclic) bond motifs is 1. The maximum Gasteiger partial charge on any atom is 0.261 e. The van der Waals surface area contributed by atoms with E-state index in [1.54, 1.807) is 23.1 Å². The molecule has 0 atom stereocenters. The molecule has 0 spiro atoms. The van der Waals surface area contributed by atoms with Gasteiger partial charge in [0.2, 0.25) is 5.91 Å². The number of carbonyl (C=O) groups excluding carboxylic acids is 1. The van der Waals surface area contributed by atoms with Crippen LogP contribution >= 0.6 is 11.5 Å². The molecule has 1 aromatic carbocycles. The van der Waals surface area contributed by atoms with Crippen molar-refractivity contribution >= 4 is 38.2 Å². The van der Waals surface area contributed by atoms with Crippen LogP contribution in [0.15, 0.2) is 39.6 Å². The van der Waals surface area contributed by atoms with Crippen molar-refractivity contribution in [2.45, 2.75) is 35.9 Å². The van der Waals surface area contributed by atoms with Crippen molar-refractivity contribution in [3.63, 3.8) is 0 Å². The van der Waals surface area contributed by atoms with Gasteiger partial charge in [0.15, 0.2) is 14.0 Å². The molecule has 30 heavy (non-hydrogen) atoms. The molecule has 1 fully saturated rings. The van der Waals surface area contributed by atoms with Crippen LogP contribution < -0.4 is 5.56 Å². The third kappa shape index (κ3) is 4.12. The number of benzene rings is 1. The lowest BCUT2D eigenvalue weighted by Crippen LogP contribution is -2.39. The number of carbonyl (C=O) groups is 1. The molecule has 1 aliphatic rings. The molecule has 2 aromatic heterocycles. The summed E-state index contributed by atoms with van der Waals surface area (Å²) in [5, 5.41) is 4.56. The smallest absolute Gasteiger partial charge is 0.261 e. The summed E-state index contributed by atoms with van der Waals surface area (Å²) in [6.07, 6.45) is 4.12. The summed E-state index contributed by atoms with van der Waals surface area (Å²) in [5.41, 5.74) is 0.997. The minimum Gasteiger partial charge on any atom is -0.343 e. The molecule has 1 amide bonds. The van der Waals surface area contributed by atoms with Gasteiger partial charge in [-0.2, -0.15) is 0 Å². The molecule has 4 rings (SSSR count). The Bertz CT molecular complexity index is 1240. The summed E-state index contributed by atoms with van der Waals surface area (Å²) >= 11 is 0.897. The van der Waals surface area contributed by atoms with Crippen molar-refractivity contribution in [2.75, 3.05) is 19.3 Å². The number of amides is 1. The van der Waals surface area contributed by atoms with E-state index in [4.69, 9.17) is 0 Å². The summed E-state index contributed by atoms with van der Waals surface area (Å²) in [6, 6.07) is 7.13. The van der Waals surface area contributed by atoms with Crippen LogP contribution in [-0.4, -0.2) is 57.7 Å². The molecule has 1 aliphatic heterocycles. The lowest BCUT2D eigenvalue weighted by atomic mass is 9.94. The molecule has 0 radical (unpaired) electrons. The Morgan fingerprint density at radius 3 is 2.70 bits per heavy atom. The highest BCUT2D eigenvalue weighted by atomic mass is 32.2. The van der Waals surface area contributed by atoms with Gasteiger partial charge in [-0.05, 0) is 25.0 Å². The lowest BCUT2D eigenvalue weighted by molar-refractivity contribution is -0.132. The first-order chi connectivity index (χ1) is 14.3. The highest BCUT2D eigenvalue weighted by Gasteiger charge is 2.30. The van der Waals surface area contributed by atoms with Gasteiger partial charge in [0.05, 0.1) is 22.9 Å². The molecule has 3 heterocycles. The molecule has 1 saturated heterocycles. The van der Waals surface area contributed by atoms with Gasteiger partial charge in [0, 0.05) is 49.8 Å². The van der Waals surface area contributed by atoms with Crippen molar-refractivity contribution in [3.05, 3.63) is 46.6 Å². The fraction of sp³-hybridized carbons (Fsp3) is 0.421. The molecule has 0 saturated carbocycles. The number of piperidine rings is 1. The van der Waals surface area contributed by atoms with Crippen LogP contribution in [0.25, 0.3) is 10.9 Å². The van der Waals surface area contributed by atoms with E-state index in [-0.39, 0.29) is 34.6 Å². The first-order valence-electron chi connectivity index (χ1n) is 9.59. The number of hydrogen-bond acceptors (Lipinski definition) is 8. The second kappa shape index (κ2) is 8.23. The number of aryl methyl sites for hydroxylation is 1. The Morgan fingerprint density at radius 2 is 1.97 bits per heavy atom. The molecule has 0 unspecified atom stereocenters. The van der Waals surface area contributed by atoms with Crippen LogP contribution in [-0.2, 0) is 21.2 Å². The lowest BCUT2D eigenvalue weighted by Gasteiger charge is -2.31. The van der Waals surface area contributed by atoms with Gasteiger partial charge in [-0.25, -0.2) is 13.4 Å². The maximum atomic E-state index is 12.6. The van der Waals surface area contributed by atoms with Gasteiger partial charge < -0.3 is 4.90 Å². The number of aromatic nitrogens is 4. The zero-order valence-electron chi connectivity index (χ0n) is 16.4. The fourth-order valence-electron chi connectivity index (χ4n) is 3.74. The van der Waals surface area contributed by atoms with Gasteiger partial charge in [0.1, 0.15) is 0 Å². The van der Waals surface area contributed by atoms with Crippen molar-refractivity contribution in [1.82, 2.24) is 24.0 Å². The van der Waals surface area contributed by atoms with E-state index in [0.29, 0.717) is 42.5 Å². The van der Waals surface area contributed by atoms with Crippen LogP contribution in [0.1, 0.15) is 30.9 Å². The van der Waals surface area contributed by atoms with Crippen LogP contribution in [0, 0.1) is 0 Å². The molecule has 3 aromatic rings. The Morgan fingerprint density at radius 1 is 1.23 bits per heavy atom. The Balaban J connectivity index is 1.37. The van der Waals surface area contributed by atoms with Gasteiger partial charge >= 0.3 is 0 Å². The summed E-state index contributed by atoms with van der Waals surface area (Å²) in [4.78, 5) is 31.2. The standard InChI is InChI=1S/C19H21N5O4S2/c1-30(27,28)19-17(21-22-29-19)13-6-9-23(10-7-13)16(25)8-11-24-12-20-15-5-3-2-4-14(15)18(24)26/h2-5,12-13H,6-11H2,1H3. The topological polar surface area (TPSA) is 115 Å². The minimum atomic E-state index is -3.35. The van der Waals surface area contributed by atoms with E-state index in [1.807, 2.05) is 6.07 Å². The Labute approximate surface area is 177 Å². The Kier molecular flexibility index (Phi) is 5.65. The number of sulfone groups is 1. The highest BCUT2D eigenvalue weighted by molar-refractivity contribution is 7.92. The third-order valence-corrected chi connectivity index (χ3v) is 7.90. The first kappa shape index (κ1) is 20.6. The van der Waals surface area contributed by atoms with Crippen molar-refractivity contribution in [2.24, 2.45) is 0 Å². The van der Waals surface area contributed by atoms with Crippen molar-refractivity contribution in [3.8, 4) is 0 Å². The normalized spacial score (nSPS) is 15.6. The molecular formula is C19H21N5O4S2. The van der Waals surface area contributed by atoms with Crippen LogP contribution in [0.2, 0.25) is 0 Å². The van der Waals surface area contributed by atoms with E-state index < -0.39 is 9.84 Å². The average molecular weight is 448 g/mol. The Hall–Kier alpha value is -2.66. The van der Waals surface area contributed by atoms with E-state index in [1.165, 1.54) is 10.9 Å². The van der Waals surface area contributed by atoms with Crippen LogP contribution in [0.5, 0.6) is 0 Å². The van der Waals surface area contributed by atoms with E-state index in [2.05, 4.69) is 14.6 Å². The first-order valence-corrected chi connectivity index (χ1v) is 12.3. The van der Waals surface area contributed by atoms with E-state index in [9.17, 15) is 18.0 Å². The predicted octanol–water partition coefficient (Wildman–Crippen LogP) is 1.45. The number of hydrogen-bond donors (Lipinski definition) is 0. The zero-order valence-corrected chi connectivity index (χ0v) is 18.0.